The molecule has 2 saturated carbocycles. The minimum Gasteiger partial charge on any atom is -0.506 e. The Hall–Kier alpha value is -1.56. The highest BCUT2D eigenvalue weighted by Gasteiger charge is 2.29. The number of aromatic hydroxyl groups is 1. The molecule has 0 amide bonds. The van der Waals surface area contributed by atoms with Gasteiger partial charge >= 0.3 is 11.9 Å². The van der Waals surface area contributed by atoms with E-state index in [0.29, 0.717) is 10.4 Å². The average molecular weight is 338 g/mol. The van der Waals surface area contributed by atoms with Crippen LogP contribution in [0.15, 0.2) is 0 Å². The van der Waals surface area contributed by atoms with E-state index in [2.05, 4.69) is 0 Å². The maximum Gasteiger partial charge on any atom is 0.352 e. The molecule has 0 atom stereocenters. The van der Waals surface area contributed by atoms with Crippen molar-refractivity contribution in [3.8, 4) is 5.75 Å². The molecule has 0 unspecified atom stereocenters. The Morgan fingerprint density at radius 1 is 0.913 bits per heavy atom. The second-order valence-electron chi connectivity index (χ2n) is 6.36. The van der Waals surface area contributed by atoms with Crippen LogP contribution >= 0.6 is 11.3 Å². The molecule has 2 aliphatic carbocycles. The third-order valence-electron chi connectivity index (χ3n) is 4.64. The maximum atomic E-state index is 12.3. The van der Waals surface area contributed by atoms with Crippen molar-refractivity contribution in [1.29, 1.82) is 0 Å². The molecule has 23 heavy (non-hydrogen) atoms. The summed E-state index contributed by atoms with van der Waals surface area (Å²) in [5.74, 6) is -1.14. The summed E-state index contributed by atoms with van der Waals surface area (Å²) >= 11 is 0.970. The van der Waals surface area contributed by atoms with E-state index in [0.717, 1.165) is 62.7 Å². The zero-order valence-corrected chi connectivity index (χ0v) is 14.1. The first kappa shape index (κ1) is 16.3. The van der Waals surface area contributed by atoms with Gasteiger partial charge in [0, 0.05) is 5.56 Å². The fourth-order valence-electron chi connectivity index (χ4n) is 3.26. The van der Waals surface area contributed by atoms with Crippen molar-refractivity contribution in [2.45, 2.75) is 70.5 Å². The molecule has 126 valence electrons. The van der Waals surface area contributed by atoms with Gasteiger partial charge in [-0.1, -0.05) is 0 Å². The topological polar surface area (TPSA) is 72.8 Å². The van der Waals surface area contributed by atoms with Gasteiger partial charge in [-0.25, -0.2) is 9.59 Å². The van der Waals surface area contributed by atoms with Crippen LogP contribution < -0.4 is 0 Å². The molecule has 5 nitrogen and oxygen atoms in total. The van der Waals surface area contributed by atoms with Gasteiger partial charge in [0.25, 0.3) is 0 Å². The third-order valence-corrected chi connectivity index (χ3v) is 5.88. The van der Waals surface area contributed by atoms with Gasteiger partial charge in [0.15, 0.2) is 4.88 Å². The van der Waals surface area contributed by atoms with E-state index in [1.165, 1.54) is 0 Å². The summed E-state index contributed by atoms with van der Waals surface area (Å²) in [7, 11) is 0. The summed E-state index contributed by atoms with van der Waals surface area (Å²) in [6.07, 6.45) is 7.67. The van der Waals surface area contributed by atoms with Gasteiger partial charge in [-0.2, -0.15) is 0 Å². The van der Waals surface area contributed by atoms with Crippen molar-refractivity contribution in [2.75, 3.05) is 0 Å². The standard InChI is InChI=1S/C17H22O5S/c1-10-13(18)15(17(20)22-12-8-4-5-9-12)23-14(10)16(19)21-11-6-2-3-7-11/h11-12,18H,2-9H2,1H3. The molecule has 1 aromatic rings. The molecule has 0 aromatic carbocycles. The van der Waals surface area contributed by atoms with Gasteiger partial charge in [0.1, 0.15) is 22.8 Å². The largest absolute Gasteiger partial charge is 0.506 e. The first-order chi connectivity index (χ1) is 11.1. The Labute approximate surface area is 139 Å². The number of ether oxygens (including phenoxy) is 2. The zero-order valence-electron chi connectivity index (χ0n) is 13.3. The molecule has 0 saturated heterocycles. The van der Waals surface area contributed by atoms with Crippen LogP contribution in [-0.2, 0) is 9.47 Å². The summed E-state index contributed by atoms with van der Waals surface area (Å²) < 4.78 is 10.9. The van der Waals surface area contributed by atoms with Crippen LogP contribution in [0, 0.1) is 6.92 Å². The molecular weight excluding hydrogens is 316 g/mol. The van der Waals surface area contributed by atoms with E-state index in [4.69, 9.17) is 9.47 Å². The van der Waals surface area contributed by atoms with Crippen LogP contribution in [0.5, 0.6) is 5.75 Å². The number of rotatable bonds is 4. The van der Waals surface area contributed by atoms with E-state index in [1.807, 2.05) is 0 Å². The molecule has 2 aliphatic rings. The summed E-state index contributed by atoms with van der Waals surface area (Å²) in [4.78, 5) is 24.9. The van der Waals surface area contributed by atoms with Crippen molar-refractivity contribution in [2.24, 2.45) is 0 Å². The zero-order chi connectivity index (χ0) is 16.4. The van der Waals surface area contributed by atoms with Gasteiger partial charge in [0.2, 0.25) is 0 Å². The summed E-state index contributed by atoms with van der Waals surface area (Å²) in [6.45, 7) is 1.63. The Kier molecular flexibility index (Phi) is 4.90. The van der Waals surface area contributed by atoms with Gasteiger partial charge in [-0.3, -0.25) is 0 Å². The van der Waals surface area contributed by atoms with E-state index in [9.17, 15) is 14.7 Å². The summed E-state index contributed by atoms with van der Waals surface area (Å²) in [5, 5.41) is 10.2. The van der Waals surface area contributed by atoms with E-state index in [-0.39, 0.29) is 22.8 Å². The molecule has 0 bridgehead atoms. The highest BCUT2D eigenvalue weighted by Crippen LogP contribution is 2.36. The number of hydrogen-bond donors (Lipinski definition) is 1. The van der Waals surface area contributed by atoms with Crippen LogP contribution in [0.1, 0.15) is 76.3 Å². The van der Waals surface area contributed by atoms with Crippen LogP contribution in [0.4, 0.5) is 0 Å². The van der Waals surface area contributed by atoms with E-state index in [1.54, 1.807) is 6.92 Å². The highest BCUT2D eigenvalue weighted by molar-refractivity contribution is 7.16. The summed E-state index contributed by atoms with van der Waals surface area (Å²) in [6, 6.07) is 0. The summed E-state index contributed by atoms with van der Waals surface area (Å²) in [5.41, 5.74) is 0.399. The number of carbonyl (C=O) groups is 2. The van der Waals surface area contributed by atoms with Crippen LogP contribution in [-0.4, -0.2) is 29.3 Å². The SMILES string of the molecule is Cc1c(C(=O)OC2CCCC2)sc(C(=O)OC2CCCC2)c1O. The first-order valence-corrected chi connectivity index (χ1v) is 9.12. The van der Waals surface area contributed by atoms with E-state index < -0.39 is 11.9 Å². The molecule has 0 aliphatic heterocycles. The Balaban J connectivity index is 1.71. The quantitative estimate of drug-likeness (QED) is 0.841. The number of thiophene rings is 1. The molecule has 1 N–H and O–H groups in total. The molecule has 2 fully saturated rings. The predicted molar refractivity (Wildman–Crippen MR) is 86.1 cm³/mol. The van der Waals surface area contributed by atoms with Crippen LogP contribution in [0.25, 0.3) is 0 Å². The lowest BCUT2D eigenvalue weighted by Gasteiger charge is -2.10. The predicted octanol–water partition coefficient (Wildman–Crippen LogP) is 3.96. The lowest BCUT2D eigenvalue weighted by atomic mass is 10.2. The average Bonchev–Trinajstić information content (AvgIpc) is 3.24. The molecule has 0 radical (unpaired) electrons. The number of carbonyl (C=O) groups excluding carboxylic acids is 2. The molecule has 1 heterocycles. The minimum atomic E-state index is -0.539. The molecule has 0 spiro atoms. The van der Waals surface area contributed by atoms with Crippen molar-refractivity contribution in [3.63, 3.8) is 0 Å². The van der Waals surface area contributed by atoms with Crippen molar-refractivity contribution in [3.05, 3.63) is 15.3 Å². The normalized spacial score (nSPS) is 19.2. The molecule has 3 rings (SSSR count). The van der Waals surface area contributed by atoms with Crippen LogP contribution in [0.3, 0.4) is 0 Å². The van der Waals surface area contributed by atoms with Crippen molar-refractivity contribution < 1.29 is 24.2 Å². The Bertz CT molecular complexity index is 544. The first-order valence-electron chi connectivity index (χ1n) is 8.30. The van der Waals surface area contributed by atoms with Gasteiger partial charge in [0.05, 0.1) is 0 Å². The van der Waals surface area contributed by atoms with E-state index >= 15 is 0 Å². The maximum absolute atomic E-state index is 12.3. The smallest absolute Gasteiger partial charge is 0.352 e. The number of esters is 2. The van der Waals surface area contributed by atoms with Crippen molar-refractivity contribution in [1.82, 2.24) is 0 Å². The van der Waals surface area contributed by atoms with Gasteiger partial charge in [-0.05, 0) is 58.3 Å². The number of hydrogen-bond acceptors (Lipinski definition) is 6. The second kappa shape index (κ2) is 6.91. The Morgan fingerprint density at radius 2 is 1.35 bits per heavy atom. The van der Waals surface area contributed by atoms with Crippen LogP contribution in [0.2, 0.25) is 0 Å². The fourth-order valence-corrected chi connectivity index (χ4v) is 4.23. The molecular formula is C17H22O5S. The Morgan fingerprint density at radius 3 is 1.83 bits per heavy atom. The second-order valence-corrected chi connectivity index (χ2v) is 7.38. The lowest BCUT2D eigenvalue weighted by molar-refractivity contribution is 0.0312. The van der Waals surface area contributed by atoms with Gasteiger partial charge < -0.3 is 14.6 Å². The van der Waals surface area contributed by atoms with Crippen molar-refractivity contribution >= 4 is 23.3 Å². The fraction of sp³-hybridized carbons (Fsp3) is 0.647. The molecule has 6 heteroatoms. The van der Waals surface area contributed by atoms with Gasteiger partial charge in [-0.15, -0.1) is 11.3 Å². The third kappa shape index (κ3) is 3.52. The highest BCUT2D eigenvalue weighted by atomic mass is 32.1. The minimum absolute atomic E-state index is 0.0416. The monoisotopic (exact) mass is 338 g/mol. The molecule has 1 aromatic heterocycles. The lowest BCUT2D eigenvalue weighted by Crippen LogP contribution is -2.14.